The Balaban J connectivity index is 2.59. The second kappa shape index (κ2) is 7.67. The third kappa shape index (κ3) is 4.81. The molecule has 0 aromatic heterocycles. The molecule has 0 aliphatic carbocycles. The molecule has 1 atom stereocenters. The van der Waals surface area contributed by atoms with Crippen LogP contribution < -0.4 is 10.2 Å². The van der Waals surface area contributed by atoms with E-state index in [1.807, 2.05) is 19.1 Å². The molecule has 0 radical (unpaired) electrons. The molecule has 1 rings (SSSR count). The van der Waals surface area contributed by atoms with Crippen LogP contribution in [0.25, 0.3) is 0 Å². The summed E-state index contributed by atoms with van der Waals surface area (Å²) in [5.74, 6) is -0.195. The highest BCUT2D eigenvalue weighted by atomic mass is 16.5. The van der Waals surface area contributed by atoms with Crippen molar-refractivity contribution in [1.82, 2.24) is 0 Å². The van der Waals surface area contributed by atoms with Gasteiger partial charge in [-0.3, -0.25) is 4.79 Å². The van der Waals surface area contributed by atoms with Crippen LogP contribution in [0.3, 0.4) is 0 Å². The van der Waals surface area contributed by atoms with Gasteiger partial charge in [0.05, 0.1) is 13.5 Å². The van der Waals surface area contributed by atoms with Crippen molar-refractivity contribution in [2.75, 3.05) is 30.4 Å². The van der Waals surface area contributed by atoms with E-state index in [2.05, 4.69) is 40.9 Å². The maximum atomic E-state index is 11.2. The van der Waals surface area contributed by atoms with Crippen molar-refractivity contribution in [3.05, 3.63) is 24.3 Å². The molecule has 19 heavy (non-hydrogen) atoms. The Kier molecular flexibility index (Phi) is 6.19. The fraction of sp³-hybridized carbons (Fsp3) is 0.533. The summed E-state index contributed by atoms with van der Waals surface area (Å²) in [4.78, 5) is 13.5. The van der Waals surface area contributed by atoms with E-state index in [0.717, 1.165) is 18.8 Å². The van der Waals surface area contributed by atoms with Crippen LogP contribution in [0, 0.1) is 0 Å². The topological polar surface area (TPSA) is 41.6 Å². The Hall–Kier alpha value is -1.71. The highest BCUT2D eigenvalue weighted by molar-refractivity contribution is 5.70. The van der Waals surface area contributed by atoms with E-state index in [1.54, 1.807) is 0 Å². The first-order chi connectivity index (χ1) is 9.10. The van der Waals surface area contributed by atoms with Gasteiger partial charge in [-0.15, -0.1) is 0 Å². The lowest BCUT2D eigenvalue weighted by Crippen LogP contribution is -2.22. The maximum Gasteiger partial charge on any atom is 0.307 e. The lowest BCUT2D eigenvalue weighted by molar-refractivity contribution is -0.140. The summed E-state index contributed by atoms with van der Waals surface area (Å²) >= 11 is 0. The van der Waals surface area contributed by atoms with Gasteiger partial charge in [-0.1, -0.05) is 0 Å². The number of esters is 1. The smallest absolute Gasteiger partial charge is 0.307 e. The van der Waals surface area contributed by atoms with Crippen molar-refractivity contribution in [3.8, 4) is 0 Å². The maximum absolute atomic E-state index is 11.2. The SMILES string of the molecule is CCN(CC)c1ccc(NC(C)CC(=O)OC)cc1. The second-order valence-electron chi connectivity index (χ2n) is 4.54. The number of nitrogens with zero attached hydrogens (tertiary/aromatic N) is 1. The van der Waals surface area contributed by atoms with E-state index < -0.39 is 0 Å². The normalized spacial score (nSPS) is 11.8. The van der Waals surface area contributed by atoms with E-state index >= 15 is 0 Å². The third-order valence-electron chi connectivity index (χ3n) is 3.11. The largest absolute Gasteiger partial charge is 0.469 e. The lowest BCUT2D eigenvalue weighted by atomic mass is 10.2. The van der Waals surface area contributed by atoms with Crippen LogP contribution in [0.5, 0.6) is 0 Å². The van der Waals surface area contributed by atoms with Gasteiger partial charge in [0, 0.05) is 30.5 Å². The minimum Gasteiger partial charge on any atom is -0.469 e. The van der Waals surface area contributed by atoms with Crippen molar-refractivity contribution < 1.29 is 9.53 Å². The van der Waals surface area contributed by atoms with Crippen LogP contribution in [0.15, 0.2) is 24.3 Å². The molecular weight excluding hydrogens is 240 g/mol. The number of anilines is 2. The van der Waals surface area contributed by atoms with E-state index in [1.165, 1.54) is 12.8 Å². The van der Waals surface area contributed by atoms with Gasteiger partial charge in [0.1, 0.15) is 0 Å². The Morgan fingerprint density at radius 2 is 1.84 bits per heavy atom. The molecule has 0 fully saturated rings. The molecule has 0 saturated carbocycles. The molecule has 0 spiro atoms. The van der Waals surface area contributed by atoms with E-state index in [9.17, 15) is 4.79 Å². The van der Waals surface area contributed by atoms with Crippen LogP contribution in [-0.4, -0.2) is 32.2 Å². The van der Waals surface area contributed by atoms with Crippen LogP contribution in [0.4, 0.5) is 11.4 Å². The van der Waals surface area contributed by atoms with Crippen LogP contribution in [-0.2, 0) is 9.53 Å². The van der Waals surface area contributed by atoms with Gasteiger partial charge in [0.2, 0.25) is 0 Å². The molecular formula is C15H24N2O2. The summed E-state index contributed by atoms with van der Waals surface area (Å²) in [6.07, 6.45) is 0.369. The van der Waals surface area contributed by atoms with Crippen LogP contribution in [0.1, 0.15) is 27.2 Å². The first kappa shape index (κ1) is 15.3. The number of hydrogen-bond acceptors (Lipinski definition) is 4. The average molecular weight is 264 g/mol. The van der Waals surface area contributed by atoms with Crippen molar-refractivity contribution in [2.45, 2.75) is 33.2 Å². The Bertz CT molecular complexity index is 386. The zero-order valence-electron chi connectivity index (χ0n) is 12.3. The summed E-state index contributed by atoms with van der Waals surface area (Å²) in [5.41, 5.74) is 2.24. The molecule has 0 amide bonds. The van der Waals surface area contributed by atoms with Gasteiger partial charge in [-0.25, -0.2) is 0 Å². The summed E-state index contributed by atoms with van der Waals surface area (Å²) in [6, 6.07) is 8.34. The first-order valence-corrected chi connectivity index (χ1v) is 6.79. The highest BCUT2D eigenvalue weighted by Gasteiger charge is 2.09. The number of methoxy groups -OCH3 is 1. The molecule has 0 bridgehead atoms. The molecule has 0 aliphatic heterocycles. The molecule has 0 aliphatic rings. The van der Waals surface area contributed by atoms with Crippen LogP contribution >= 0.6 is 0 Å². The number of carbonyl (C=O) groups is 1. The van der Waals surface area contributed by atoms with Crippen molar-refractivity contribution in [2.24, 2.45) is 0 Å². The fourth-order valence-corrected chi connectivity index (χ4v) is 2.03. The Labute approximate surface area is 115 Å². The summed E-state index contributed by atoms with van der Waals surface area (Å²) in [7, 11) is 1.41. The molecule has 1 aromatic carbocycles. The van der Waals surface area contributed by atoms with E-state index in [0.29, 0.717) is 6.42 Å². The number of ether oxygens (including phenoxy) is 1. The van der Waals surface area contributed by atoms with E-state index in [4.69, 9.17) is 0 Å². The molecule has 1 N–H and O–H groups in total. The molecule has 4 heteroatoms. The molecule has 0 saturated heterocycles. The van der Waals surface area contributed by atoms with Gasteiger partial charge in [-0.2, -0.15) is 0 Å². The second-order valence-corrected chi connectivity index (χ2v) is 4.54. The zero-order chi connectivity index (χ0) is 14.3. The van der Waals surface area contributed by atoms with Crippen LogP contribution in [0.2, 0.25) is 0 Å². The number of benzene rings is 1. The summed E-state index contributed by atoms with van der Waals surface area (Å²) in [5, 5.41) is 3.29. The molecule has 0 heterocycles. The summed E-state index contributed by atoms with van der Waals surface area (Å²) < 4.78 is 4.65. The number of rotatable bonds is 7. The molecule has 1 aromatic rings. The number of carbonyl (C=O) groups excluding carboxylic acids is 1. The van der Waals surface area contributed by atoms with Gasteiger partial charge in [0.25, 0.3) is 0 Å². The summed E-state index contributed by atoms with van der Waals surface area (Å²) in [6.45, 7) is 8.27. The zero-order valence-corrected chi connectivity index (χ0v) is 12.3. The molecule has 4 nitrogen and oxygen atoms in total. The van der Waals surface area contributed by atoms with Gasteiger partial charge < -0.3 is 15.0 Å². The van der Waals surface area contributed by atoms with Gasteiger partial charge in [0.15, 0.2) is 0 Å². The number of nitrogens with one attached hydrogen (secondary N) is 1. The van der Waals surface area contributed by atoms with Gasteiger partial charge in [-0.05, 0) is 45.0 Å². The monoisotopic (exact) mass is 264 g/mol. The predicted octanol–water partition coefficient (Wildman–Crippen LogP) is 2.90. The van der Waals surface area contributed by atoms with Gasteiger partial charge >= 0.3 is 5.97 Å². The van der Waals surface area contributed by atoms with Crippen molar-refractivity contribution >= 4 is 17.3 Å². The highest BCUT2D eigenvalue weighted by Crippen LogP contribution is 2.18. The quantitative estimate of drug-likeness (QED) is 0.769. The fourth-order valence-electron chi connectivity index (χ4n) is 2.03. The average Bonchev–Trinajstić information content (AvgIpc) is 2.41. The number of hydrogen-bond donors (Lipinski definition) is 1. The molecule has 1 unspecified atom stereocenters. The third-order valence-corrected chi connectivity index (χ3v) is 3.11. The van der Waals surface area contributed by atoms with Crippen molar-refractivity contribution in [1.29, 1.82) is 0 Å². The predicted molar refractivity (Wildman–Crippen MR) is 79.7 cm³/mol. The standard InChI is InChI=1S/C15H24N2O2/c1-5-17(6-2)14-9-7-13(8-10-14)16-12(3)11-15(18)19-4/h7-10,12,16H,5-6,11H2,1-4H3. The molecule has 106 valence electrons. The minimum atomic E-state index is -0.195. The van der Waals surface area contributed by atoms with Crippen molar-refractivity contribution in [3.63, 3.8) is 0 Å². The Morgan fingerprint density at radius 3 is 2.32 bits per heavy atom. The minimum absolute atomic E-state index is 0.0618. The lowest BCUT2D eigenvalue weighted by Gasteiger charge is -2.21. The Morgan fingerprint density at radius 1 is 1.26 bits per heavy atom. The first-order valence-electron chi connectivity index (χ1n) is 6.79. The van der Waals surface area contributed by atoms with E-state index in [-0.39, 0.29) is 12.0 Å².